The number of esters is 1. The van der Waals surface area contributed by atoms with Gasteiger partial charge in [-0.1, -0.05) is 18.2 Å². The van der Waals surface area contributed by atoms with E-state index in [2.05, 4.69) is 26.2 Å². The zero-order chi connectivity index (χ0) is 20.4. The molecule has 0 saturated heterocycles. The number of hydrogen-bond acceptors (Lipinski definition) is 4. The first-order valence-corrected chi connectivity index (χ1v) is 9.28. The van der Waals surface area contributed by atoms with Crippen LogP contribution in [0.4, 0.5) is 5.69 Å². The van der Waals surface area contributed by atoms with Crippen molar-refractivity contribution in [3.63, 3.8) is 0 Å². The lowest BCUT2D eigenvalue weighted by molar-refractivity contribution is -0.123. The zero-order valence-electron chi connectivity index (χ0n) is 15.5. The Bertz CT molecular complexity index is 1080. The van der Waals surface area contributed by atoms with Crippen LogP contribution in [-0.4, -0.2) is 32.3 Å². The zero-order valence-corrected chi connectivity index (χ0v) is 17.1. The van der Waals surface area contributed by atoms with Gasteiger partial charge in [-0.2, -0.15) is 0 Å². The number of hydrogen-bond donors (Lipinski definition) is 2. The SMILES string of the molecule is Cc1c(NC(=O)C(C)OC(=O)c2cc(Br)c[nH]2)c(=O)n(-c2ccccc2)n1C. The maximum Gasteiger partial charge on any atom is 0.355 e. The van der Waals surface area contributed by atoms with E-state index in [1.807, 2.05) is 18.2 Å². The van der Waals surface area contributed by atoms with E-state index < -0.39 is 18.0 Å². The predicted molar refractivity (Wildman–Crippen MR) is 108 cm³/mol. The Balaban J connectivity index is 1.79. The lowest BCUT2D eigenvalue weighted by Gasteiger charge is -2.12. The molecule has 0 radical (unpaired) electrons. The summed E-state index contributed by atoms with van der Waals surface area (Å²) in [5, 5.41) is 2.58. The van der Waals surface area contributed by atoms with Crippen LogP contribution in [-0.2, 0) is 16.6 Å². The maximum atomic E-state index is 12.8. The molecule has 0 bridgehead atoms. The summed E-state index contributed by atoms with van der Waals surface area (Å²) in [4.78, 5) is 40.1. The molecule has 0 aliphatic carbocycles. The molecule has 9 heteroatoms. The highest BCUT2D eigenvalue weighted by Crippen LogP contribution is 2.15. The number of aromatic nitrogens is 3. The molecule has 1 atom stereocenters. The van der Waals surface area contributed by atoms with E-state index in [4.69, 9.17) is 4.74 Å². The van der Waals surface area contributed by atoms with Gasteiger partial charge in [0.05, 0.1) is 11.4 Å². The number of nitrogens with one attached hydrogen (secondary N) is 2. The van der Waals surface area contributed by atoms with Crippen molar-refractivity contribution < 1.29 is 14.3 Å². The molecular formula is C19H19BrN4O4. The molecule has 3 rings (SSSR count). The number of ether oxygens (including phenoxy) is 1. The maximum absolute atomic E-state index is 12.8. The normalized spacial score (nSPS) is 11.9. The fraction of sp³-hybridized carbons (Fsp3) is 0.211. The molecular weight excluding hydrogens is 428 g/mol. The van der Waals surface area contributed by atoms with E-state index in [9.17, 15) is 14.4 Å². The highest BCUT2D eigenvalue weighted by molar-refractivity contribution is 9.10. The third kappa shape index (κ3) is 3.79. The Morgan fingerprint density at radius 2 is 1.93 bits per heavy atom. The Kier molecular flexibility index (Phi) is 5.55. The Labute approximate surface area is 169 Å². The summed E-state index contributed by atoms with van der Waals surface area (Å²) in [5.74, 6) is -1.26. The van der Waals surface area contributed by atoms with E-state index >= 15 is 0 Å². The number of carbonyl (C=O) groups excluding carboxylic acids is 2. The number of carbonyl (C=O) groups is 2. The molecule has 0 spiro atoms. The van der Waals surface area contributed by atoms with Crippen molar-refractivity contribution in [2.45, 2.75) is 20.0 Å². The molecule has 3 aromatic rings. The third-order valence-corrected chi connectivity index (χ3v) is 4.78. The molecule has 1 unspecified atom stereocenters. The number of aromatic amines is 1. The van der Waals surface area contributed by atoms with Gasteiger partial charge in [0.15, 0.2) is 6.10 Å². The van der Waals surface area contributed by atoms with Gasteiger partial charge in [0.25, 0.3) is 11.5 Å². The summed E-state index contributed by atoms with van der Waals surface area (Å²) in [5.41, 5.74) is 1.24. The number of halogens is 1. The summed E-state index contributed by atoms with van der Waals surface area (Å²) in [6.07, 6.45) is 0.500. The molecule has 2 heterocycles. The Morgan fingerprint density at radius 3 is 2.54 bits per heavy atom. The molecule has 2 aromatic heterocycles. The first-order valence-electron chi connectivity index (χ1n) is 8.49. The smallest absolute Gasteiger partial charge is 0.355 e. The number of nitrogens with zero attached hydrogens (tertiary/aromatic N) is 2. The minimum atomic E-state index is -1.08. The lowest BCUT2D eigenvalue weighted by atomic mass is 10.3. The molecule has 0 aliphatic rings. The summed E-state index contributed by atoms with van der Waals surface area (Å²) in [6, 6.07) is 10.6. The highest BCUT2D eigenvalue weighted by Gasteiger charge is 2.24. The largest absolute Gasteiger partial charge is 0.448 e. The standard InChI is InChI=1S/C19H19BrN4O4/c1-11-16(18(26)24(23(11)3)14-7-5-4-6-8-14)22-17(25)12(2)28-19(27)15-9-13(20)10-21-15/h4-10,12,21H,1-3H3,(H,22,25). The van der Waals surface area contributed by atoms with Gasteiger partial charge in [-0.3, -0.25) is 14.3 Å². The van der Waals surface area contributed by atoms with Gasteiger partial charge >= 0.3 is 5.97 Å². The van der Waals surface area contributed by atoms with E-state index in [0.29, 0.717) is 15.9 Å². The van der Waals surface area contributed by atoms with Crippen LogP contribution in [0.25, 0.3) is 5.69 Å². The molecule has 8 nitrogen and oxygen atoms in total. The Hall–Kier alpha value is -3.07. The second-order valence-corrected chi connectivity index (χ2v) is 7.12. The molecule has 1 aromatic carbocycles. The van der Waals surface area contributed by atoms with E-state index in [1.165, 1.54) is 11.6 Å². The molecule has 2 N–H and O–H groups in total. The van der Waals surface area contributed by atoms with Crippen molar-refractivity contribution in [3.8, 4) is 5.69 Å². The average Bonchev–Trinajstić information content (AvgIpc) is 3.20. The van der Waals surface area contributed by atoms with Crippen molar-refractivity contribution in [1.82, 2.24) is 14.3 Å². The van der Waals surface area contributed by atoms with Gasteiger partial charge in [0.1, 0.15) is 11.4 Å². The average molecular weight is 447 g/mol. The molecule has 1 amide bonds. The number of para-hydroxylation sites is 1. The fourth-order valence-corrected chi connectivity index (χ4v) is 3.04. The van der Waals surface area contributed by atoms with Crippen LogP contribution in [0.3, 0.4) is 0 Å². The molecule has 0 fully saturated rings. The van der Waals surface area contributed by atoms with Crippen LogP contribution in [0, 0.1) is 6.92 Å². The molecule has 0 aliphatic heterocycles. The summed E-state index contributed by atoms with van der Waals surface area (Å²) in [7, 11) is 1.73. The fourth-order valence-electron chi connectivity index (χ4n) is 2.70. The molecule has 146 valence electrons. The first kappa shape index (κ1) is 19.7. The van der Waals surface area contributed by atoms with Gasteiger partial charge in [0, 0.05) is 17.7 Å². The summed E-state index contributed by atoms with van der Waals surface area (Å²) >= 11 is 3.23. The first-order chi connectivity index (χ1) is 13.3. The van der Waals surface area contributed by atoms with Gasteiger partial charge in [-0.05, 0) is 48.0 Å². The lowest BCUT2D eigenvalue weighted by Crippen LogP contribution is -2.32. The van der Waals surface area contributed by atoms with Crippen LogP contribution in [0.1, 0.15) is 23.1 Å². The van der Waals surface area contributed by atoms with Gasteiger partial charge in [0.2, 0.25) is 0 Å². The number of rotatable bonds is 5. The van der Waals surface area contributed by atoms with Crippen molar-refractivity contribution in [2.24, 2.45) is 7.05 Å². The number of amides is 1. The molecule has 28 heavy (non-hydrogen) atoms. The van der Waals surface area contributed by atoms with Crippen molar-refractivity contribution >= 4 is 33.5 Å². The number of anilines is 1. The second kappa shape index (κ2) is 7.89. The van der Waals surface area contributed by atoms with Crippen molar-refractivity contribution in [1.29, 1.82) is 0 Å². The van der Waals surface area contributed by atoms with Gasteiger partial charge < -0.3 is 15.0 Å². The van der Waals surface area contributed by atoms with Gasteiger partial charge in [-0.25, -0.2) is 9.48 Å². The third-order valence-electron chi connectivity index (χ3n) is 4.32. The Morgan fingerprint density at radius 1 is 1.25 bits per heavy atom. The summed E-state index contributed by atoms with van der Waals surface area (Å²) in [6.45, 7) is 3.17. The van der Waals surface area contributed by atoms with Crippen LogP contribution in [0.15, 0.2) is 51.9 Å². The van der Waals surface area contributed by atoms with E-state index in [0.717, 1.165) is 0 Å². The van der Waals surface area contributed by atoms with Gasteiger partial charge in [-0.15, -0.1) is 0 Å². The number of H-pyrrole nitrogens is 1. The van der Waals surface area contributed by atoms with Crippen LogP contribution >= 0.6 is 15.9 Å². The second-order valence-electron chi connectivity index (χ2n) is 6.20. The predicted octanol–water partition coefficient (Wildman–Crippen LogP) is 2.76. The van der Waals surface area contributed by atoms with E-state index in [1.54, 1.807) is 43.0 Å². The van der Waals surface area contributed by atoms with E-state index in [-0.39, 0.29) is 16.9 Å². The monoisotopic (exact) mass is 446 g/mol. The minimum Gasteiger partial charge on any atom is -0.448 e. The van der Waals surface area contributed by atoms with Crippen molar-refractivity contribution in [2.75, 3.05) is 5.32 Å². The minimum absolute atomic E-state index is 0.141. The van der Waals surface area contributed by atoms with Crippen LogP contribution in [0.2, 0.25) is 0 Å². The van der Waals surface area contributed by atoms with Crippen molar-refractivity contribution in [3.05, 3.63) is 68.8 Å². The number of benzene rings is 1. The topological polar surface area (TPSA) is 98.1 Å². The summed E-state index contributed by atoms with van der Waals surface area (Å²) < 4.78 is 8.97. The van der Waals surface area contributed by atoms with Crippen LogP contribution < -0.4 is 10.9 Å². The van der Waals surface area contributed by atoms with Crippen LogP contribution in [0.5, 0.6) is 0 Å². The highest BCUT2D eigenvalue weighted by atomic mass is 79.9. The quantitative estimate of drug-likeness (QED) is 0.588. The molecule has 0 saturated carbocycles.